The van der Waals surface area contributed by atoms with Crippen LogP contribution in [0.4, 0.5) is 0 Å². The summed E-state index contributed by atoms with van der Waals surface area (Å²) in [5, 5.41) is 0. The van der Waals surface area contributed by atoms with E-state index in [1.54, 1.807) is 0 Å². The molecule has 0 heterocycles. The van der Waals surface area contributed by atoms with Gasteiger partial charge < -0.3 is 0 Å². The highest BCUT2D eigenvalue weighted by Gasteiger charge is 2.47. The summed E-state index contributed by atoms with van der Waals surface area (Å²) in [5.74, 6) is 1.09. The van der Waals surface area contributed by atoms with E-state index in [4.69, 9.17) is 0 Å². The Morgan fingerprint density at radius 2 is 1.85 bits per heavy atom. The van der Waals surface area contributed by atoms with Gasteiger partial charge in [-0.2, -0.15) is 0 Å². The Morgan fingerprint density at radius 1 is 1.08 bits per heavy atom. The Hall–Kier alpha value is 0. The van der Waals surface area contributed by atoms with E-state index in [-0.39, 0.29) is 0 Å². The van der Waals surface area contributed by atoms with Crippen molar-refractivity contribution in [1.82, 2.24) is 0 Å². The molecule has 0 aromatic carbocycles. The lowest BCUT2D eigenvalue weighted by Crippen LogP contribution is -1.97. The van der Waals surface area contributed by atoms with Crippen molar-refractivity contribution in [2.45, 2.75) is 72.1 Å². The maximum absolute atomic E-state index is 2.49. The third kappa shape index (κ3) is 3.32. The van der Waals surface area contributed by atoms with E-state index >= 15 is 0 Å². The molecule has 0 bridgehead atoms. The van der Waals surface area contributed by atoms with Crippen LogP contribution in [0.5, 0.6) is 0 Å². The van der Waals surface area contributed by atoms with Crippen LogP contribution in [0.25, 0.3) is 0 Å². The van der Waals surface area contributed by atoms with Gasteiger partial charge in [-0.25, -0.2) is 0 Å². The highest BCUT2D eigenvalue weighted by atomic mass is 14.5. The molecular formula is C13H26. The molecular weight excluding hydrogens is 156 g/mol. The Bertz CT molecular complexity index is 139. The second-order valence-corrected chi connectivity index (χ2v) is 5.15. The maximum Gasteiger partial charge on any atom is -0.0295 e. The van der Waals surface area contributed by atoms with Crippen molar-refractivity contribution in [2.75, 3.05) is 0 Å². The monoisotopic (exact) mass is 182 g/mol. The standard InChI is InChI=1S/C13H26/c1-4-6-7-8-9-12-11-13(12,3)10-5-2/h12H,4-11H2,1-3H3. The Balaban J connectivity index is 2.00. The second-order valence-electron chi connectivity index (χ2n) is 5.15. The van der Waals surface area contributed by atoms with E-state index < -0.39 is 0 Å². The molecule has 0 N–H and O–H groups in total. The third-order valence-electron chi connectivity index (χ3n) is 3.77. The van der Waals surface area contributed by atoms with Crippen LogP contribution in [0.3, 0.4) is 0 Å². The molecule has 0 aromatic rings. The average molecular weight is 182 g/mol. The minimum absolute atomic E-state index is 0.765. The molecule has 2 atom stereocenters. The minimum Gasteiger partial charge on any atom is -0.0654 e. The number of hydrogen-bond acceptors (Lipinski definition) is 0. The summed E-state index contributed by atoms with van der Waals surface area (Å²) in [6, 6.07) is 0. The van der Waals surface area contributed by atoms with Gasteiger partial charge in [0.05, 0.1) is 0 Å². The molecule has 2 unspecified atom stereocenters. The van der Waals surface area contributed by atoms with Crippen molar-refractivity contribution in [3.8, 4) is 0 Å². The largest absolute Gasteiger partial charge is 0.0654 e. The quantitative estimate of drug-likeness (QED) is 0.497. The molecule has 13 heavy (non-hydrogen) atoms. The summed E-state index contributed by atoms with van der Waals surface area (Å²) >= 11 is 0. The molecule has 78 valence electrons. The van der Waals surface area contributed by atoms with Gasteiger partial charge in [-0.15, -0.1) is 0 Å². The molecule has 0 saturated heterocycles. The van der Waals surface area contributed by atoms with Gasteiger partial charge in [-0.3, -0.25) is 0 Å². The lowest BCUT2D eigenvalue weighted by atomic mass is 9.97. The lowest BCUT2D eigenvalue weighted by molar-refractivity contribution is 0.430. The molecule has 0 heteroatoms. The normalized spacial score (nSPS) is 32.1. The summed E-state index contributed by atoms with van der Waals surface area (Å²) < 4.78 is 0. The van der Waals surface area contributed by atoms with E-state index in [0.717, 1.165) is 11.3 Å². The second kappa shape index (κ2) is 5.02. The molecule has 0 aliphatic heterocycles. The van der Waals surface area contributed by atoms with E-state index in [9.17, 15) is 0 Å². The zero-order valence-electron chi connectivity index (χ0n) is 9.73. The highest BCUT2D eigenvalue weighted by Crippen LogP contribution is 2.57. The Labute approximate surface area is 84.1 Å². The van der Waals surface area contributed by atoms with Crippen molar-refractivity contribution < 1.29 is 0 Å². The van der Waals surface area contributed by atoms with Crippen LogP contribution in [-0.2, 0) is 0 Å². The summed E-state index contributed by atoms with van der Waals surface area (Å²) in [6.07, 6.45) is 11.6. The van der Waals surface area contributed by atoms with Crippen LogP contribution in [0.2, 0.25) is 0 Å². The van der Waals surface area contributed by atoms with Crippen LogP contribution in [0, 0.1) is 11.3 Å². The fourth-order valence-corrected chi connectivity index (χ4v) is 2.65. The average Bonchev–Trinajstić information content (AvgIpc) is 2.72. The maximum atomic E-state index is 2.49. The van der Waals surface area contributed by atoms with Gasteiger partial charge in [0, 0.05) is 0 Å². The molecule has 0 spiro atoms. The summed E-state index contributed by atoms with van der Waals surface area (Å²) in [5.41, 5.74) is 0.765. The lowest BCUT2D eigenvalue weighted by Gasteiger charge is -2.08. The van der Waals surface area contributed by atoms with Crippen LogP contribution < -0.4 is 0 Å². The van der Waals surface area contributed by atoms with Crippen LogP contribution in [0.1, 0.15) is 72.1 Å². The van der Waals surface area contributed by atoms with E-state index in [0.29, 0.717) is 0 Å². The van der Waals surface area contributed by atoms with Crippen LogP contribution >= 0.6 is 0 Å². The summed E-state index contributed by atoms with van der Waals surface area (Å²) in [6.45, 7) is 7.09. The van der Waals surface area contributed by atoms with Crippen LogP contribution in [-0.4, -0.2) is 0 Å². The molecule has 0 nitrogen and oxygen atoms in total. The summed E-state index contributed by atoms with van der Waals surface area (Å²) in [4.78, 5) is 0. The zero-order chi connectivity index (χ0) is 9.73. The zero-order valence-corrected chi connectivity index (χ0v) is 9.73. The molecule has 1 aliphatic rings. The minimum atomic E-state index is 0.765. The summed E-state index contributed by atoms with van der Waals surface area (Å²) in [7, 11) is 0. The first-order chi connectivity index (χ1) is 6.23. The SMILES string of the molecule is CCCCCCC1CC1(C)CCC. The fraction of sp³-hybridized carbons (Fsp3) is 1.00. The predicted octanol–water partition coefficient (Wildman–Crippen LogP) is 4.78. The Morgan fingerprint density at radius 3 is 2.46 bits per heavy atom. The van der Waals surface area contributed by atoms with Gasteiger partial charge in [0.1, 0.15) is 0 Å². The Kier molecular flexibility index (Phi) is 4.28. The van der Waals surface area contributed by atoms with Crippen molar-refractivity contribution in [3.05, 3.63) is 0 Å². The van der Waals surface area contributed by atoms with Gasteiger partial charge in [0.2, 0.25) is 0 Å². The number of unbranched alkanes of at least 4 members (excludes halogenated alkanes) is 3. The molecule has 0 radical (unpaired) electrons. The van der Waals surface area contributed by atoms with Gasteiger partial charge in [0.15, 0.2) is 0 Å². The van der Waals surface area contributed by atoms with Gasteiger partial charge in [-0.1, -0.05) is 52.9 Å². The van der Waals surface area contributed by atoms with Crippen LogP contribution in [0.15, 0.2) is 0 Å². The van der Waals surface area contributed by atoms with Crippen molar-refractivity contribution in [2.24, 2.45) is 11.3 Å². The first-order valence-electron chi connectivity index (χ1n) is 6.23. The molecule has 1 aliphatic carbocycles. The molecule has 1 fully saturated rings. The first-order valence-corrected chi connectivity index (χ1v) is 6.23. The van der Waals surface area contributed by atoms with Gasteiger partial charge in [-0.05, 0) is 30.6 Å². The highest BCUT2D eigenvalue weighted by molar-refractivity contribution is 4.97. The molecule has 1 saturated carbocycles. The van der Waals surface area contributed by atoms with E-state index in [2.05, 4.69) is 20.8 Å². The molecule has 0 aromatic heterocycles. The van der Waals surface area contributed by atoms with Gasteiger partial charge in [0.25, 0.3) is 0 Å². The van der Waals surface area contributed by atoms with Crippen molar-refractivity contribution in [3.63, 3.8) is 0 Å². The van der Waals surface area contributed by atoms with Crippen molar-refractivity contribution in [1.29, 1.82) is 0 Å². The fourth-order valence-electron chi connectivity index (χ4n) is 2.65. The van der Waals surface area contributed by atoms with E-state index in [1.165, 1.54) is 51.4 Å². The predicted molar refractivity (Wildman–Crippen MR) is 59.9 cm³/mol. The first kappa shape index (κ1) is 11.1. The topological polar surface area (TPSA) is 0 Å². The molecule has 0 amide bonds. The smallest absolute Gasteiger partial charge is 0.0295 e. The number of rotatable bonds is 7. The molecule has 1 rings (SSSR count). The van der Waals surface area contributed by atoms with Crippen molar-refractivity contribution >= 4 is 0 Å². The number of hydrogen-bond donors (Lipinski definition) is 0. The van der Waals surface area contributed by atoms with E-state index in [1.807, 2.05) is 0 Å². The van der Waals surface area contributed by atoms with Gasteiger partial charge >= 0.3 is 0 Å². The third-order valence-corrected chi connectivity index (χ3v) is 3.77.